The molecule has 0 amide bonds. The van der Waals surface area contributed by atoms with Gasteiger partial charge in [-0.15, -0.1) is 11.3 Å². The highest BCUT2D eigenvalue weighted by Gasteiger charge is 2.09. The zero-order chi connectivity index (χ0) is 14.0. The molecule has 0 atom stereocenters. The highest BCUT2D eigenvalue weighted by Crippen LogP contribution is 2.13. The van der Waals surface area contributed by atoms with E-state index >= 15 is 0 Å². The molecule has 1 fully saturated rings. The van der Waals surface area contributed by atoms with Crippen LogP contribution in [0.25, 0.3) is 0 Å². The first-order valence-electron chi connectivity index (χ1n) is 8.35. The Balaban J connectivity index is 1.52. The molecule has 20 heavy (non-hydrogen) atoms. The molecule has 1 aromatic rings. The first kappa shape index (κ1) is 16.0. The molecule has 114 valence electrons. The van der Waals surface area contributed by atoms with Gasteiger partial charge in [0.1, 0.15) is 0 Å². The molecule has 0 aliphatic carbocycles. The van der Waals surface area contributed by atoms with Gasteiger partial charge in [-0.2, -0.15) is 0 Å². The molecule has 0 N–H and O–H groups in total. The van der Waals surface area contributed by atoms with Crippen LogP contribution in [0.3, 0.4) is 0 Å². The number of hydrogen-bond acceptors (Lipinski definition) is 3. The van der Waals surface area contributed by atoms with E-state index in [2.05, 4.69) is 34.2 Å². The lowest BCUT2D eigenvalue weighted by atomic mass is 10.1. The van der Waals surface area contributed by atoms with Crippen LogP contribution < -0.4 is 0 Å². The van der Waals surface area contributed by atoms with E-state index in [9.17, 15) is 0 Å². The lowest BCUT2D eigenvalue weighted by Crippen LogP contribution is -2.30. The van der Waals surface area contributed by atoms with Crippen LogP contribution in [0.2, 0.25) is 0 Å². The average Bonchev–Trinajstić information content (AvgIpc) is 3.00. The van der Waals surface area contributed by atoms with Gasteiger partial charge in [0.25, 0.3) is 0 Å². The maximum Gasteiger partial charge on any atom is 0.0327 e. The van der Waals surface area contributed by atoms with Crippen LogP contribution in [0, 0.1) is 0 Å². The van der Waals surface area contributed by atoms with E-state index < -0.39 is 0 Å². The summed E-state index contributed by atoms with van der Waals surface area (Å²) in [5, 5.41) is 2.18. The summed E-state index contributed by atoms with van der Waals surface area (Å²) in [6, 6.07) is 4.41. The zero-order valence-electron chi connectivity index (χ0n) is 13.0. The second-order valence-electron chi connectivity index (χ2n) is 5.91. The lowest BCUT2D eigenvalue weighted by molar-refractivity contribution is 0.220. The van der Waals surface area contributed by atoms with E-state index in [1.807, 2.05) is 11.3 Å². The van der Waals surface area contributed by atoms with Crippen molar-refractivity contribution in [3.63, 3.8) is 0 Å². The fourth-order valence-corrected chi connectivity index (χ4v) is 3.75. The van der Waals surface area contributed by atoms with Crippen LogP contribution in [0.4, 0.5) is 0 Å². The largest absolute Gasteiger partial charge is 0.303 e. The van der Waals surface area contributed by atoms with Crippen molar-refractivity contribution < 1.29 is 0 Å². The van der Waals surface area contributed by atoms with Crippen LogP contribution in [-0.4, -0.2) is 42.5 Å². The summed E-state index contributed by atoms with van der Waals surface area (Å²) < 4.78 is 0. The van der Waals surface area contributed by atoms with Crippen molar-refractivity contribution in [2.45, 2.75) is 52.0 Å². The lowest BCUT2D eigenvalue weighted by Gasteiger charge is -2.26. The molecule has 0 spiro atoms. The number of hydrogen-bond donors (Lipinski definition) is 0. The van der Waals surface area contributed by atoms with Gasteiger partial charge in [0.2, 0.25) is 0 Å². The van der Waals surface area contributed by atoms with Crippen LogP contribution in [0.5, 0.6) is 0 Å². The summed E-state index contributed by atoms with van der Waals surface area (Å²) in [5.74, 6) is 0. The molecule has 0 aromatic carbocycles. The molecule has 2 nitrogen and oxygen atoms in total. The summed E-state index contributed by atoms with van der Waals surface area (Å²) in [5.41, 5.74) is 0. The molecule has 3 heteroatoms. The molecule has 1 aliphatic heterocycles. The van der Waals surface area contributed by atoms with Crippen LogP contribution >= 0.6 is 11.3 Å². The van der Waals surface area contributed by atoms with Crippen molar-refractivity contribution in [1.82, 2.24) is 9.80 Å². The smallest absolute Gasteiger partial charge is 0.0327 e. The average molecular weight is 295 g/mol. The van der Waals surface area contributed by atoms with Crippen LogP contribution in [0.15, 0.2) is 17.5 Å². The van der Waals surface area contributed by atoms with Crippen molar-refractivity contribution in [2.24, 2.45) is 0 Å². The highest BCUT2D eigenvalue weighted by atomic mass is 32.1. The predicted octanol–water partition coefficient (Wildman–Crippen LogP) is 4.23. The summed E-state index contributed by atoms with van der Waals surface area (Å²) >= 11 is 1.88. The van der Waals surface area contributed by atoms with Crippen LogP contribution in [-0.2, 0) is 6.54 Å². The molecule has 0 unspecified atom stereocenters. The Hall–Kier alpha value is -0.380. The van der Waals surface area contributed by atoms with E-state index in [-0.39, 0.29) is 0 Å². The Morgan fingerprint density at radius 3 is 2.70 bits per heavy atom. The Labute approximate surface area is 128 Å². The first-order valence-corrected chi connectivity index (χ1v) is 9.23. The zero-order valence-corrected chi connectivity index (χ0v) is 13.8. The number of thiophene rings is 1. The third-order valence-electron chi connectivity index (χ3n) is 4.30. The van der Waals surface area contributed by atoms with Crippen molar-refractivity contribution in [1.29, 1.82) is 0 Å². The molecular formula is C17H30N2S. The van der Waals surface area contributed by atoms with Crippen molar-refractivity contribution >= 4 is 11.3 Å². The minimum Gasteiger partial charge on any atom is -0.303 e. The van der Waals surface area contributed by atoms with Gasteiger partial charge >= 0.3 is 0 Å². The highest BCUT2D eigenvalue weighted by molar-refractivity contribution is 7.09. The molecule has 2 rings (SSSR count). The number of piperidine rings is 1. The van der Waals surface area contributed by atoms with E-state index in [0.717, 1.165) is 6.54 Å². The number of rotatable bonds is 9. The minimum absolute atomic E-state index is 1.14. The van der Waals surface area contributed by atoms with Gasteiger partial charge in [0.15, 0.2) is 0 Å². The molecule has 2 heterocycles. The third-order valence-corrected chi connectivity index (χ3v) is 5.17. The topological polar surface area (TPSA) is 6.48 Å². The molecule has 0 radical (unpaired) electrons. The molecule has 1 saturated heterocycles. The predicted molar refractivity (Wildman–Crippen MR) is 89.4 cm³/mol. The van der Waals surface area contributed by atoms with Gasteiger partial charge in [-0.25, -0.2) is 0 Å². The second kappa shape index (κ2) is 9.54. The Morgan fingerprint density at radius 2 is 2.00 bits per heavy atom. The van der Waals surface area contributed by atoms with E-state index in [1.165, 1.54) is 76.1 Å². The van der Waals surface area contributed by atoms with Crippen molar-refractivity contribution in [2.75, 3.05) is 32.7 Å². The van der Waals surface area contributed by atoms with Crippen molar-refractivity contribution in [3.05, 3.63) is 22.4 Å². The molecule has 0 bridgehead atoms. The standard InChI is InChI=1S/C17H30N2S/c1-2-18(16-17-10-9-15-20-17)11-5-3-6-12-19-13-7-4-8-14-19/h9-10,15H,2-8,11-14,16H2,1H3. The molecular weight excluding hydrogens is 264 g/mol. The Bertz CT molecular complexity index is 331. The fraction of sp³-hybridized carbons (Fsp3) is 0.765. The summed E-state index contributed by atoms with van der Waals surface area (Å²) in [4.78, 5) is 6.74. The van der Waals surface area contributed by atoms with E-state index in [4.69, 9.17) is 0 Å². The number of nitrogens with zero attached hydrogens (tertiary/aromatic N) is 2. The molecule has 1 aliphatic rings. The first-order chi connectivity index (χ1) is 9.88. The summed E-state index contributed by atoms with van der Waals surface area (Å²) in [6.07, 6.45) is 8.42. The number of likely N-dealkylation sites (tertiary alicyclic amines) is 1. The fourth-order valence-electron chi connectivity index (χ4n) is 3.00. The van der Waals surface area contributed by atoms with Crippen LogP contribution in [0.1, 0.15) is 50.3 Å². The van der Waals surface area contributed by atoms with Gasteiger partial charge in [0, 0.05) is 11.4 Å². The molecule has 1 aromatic heterocycles. The van der Waals surface area contributed by atoms with Gasteiger partial charge in [-0.3, -0.25) is 4.90 Å². The Morgan fingerprint density at radius 1 is 1.15 bits per heavy atom. The van der Waals surface area contributed by atoms with E-state index in [1.54, 1.807) is 0 Å². The molecule has 0 saturated carbocycles. The van der Waals surface area contributed by atoms with E-state index in [0.29, 0.717) is 0 Å². The third kappa shape index (κ3) is 5.94. The quantitative estimate of drug-likeness (QED) is 0.629. The van der Waals surface area contributed by atoms with Gasteiger partial charge in [-0.1, -0.05) is 25.8 Å². The normalized spacial score (nSPS) is 16.9. The number of unbranched alkanes of at least 4 members (excludes halogenated alkanes) is 2. The monoisotopic (exact) mass is 294 g/mol. The maximum absolute atomic E-state index is 2.66. The maximum atomic E-state index is 2.66. The van der Waals surface area contributed by atoms with Gasteiger partial charge in [0.05, 0.1) is 0 Å². The SMILES string of the molecule is CCN(CCCCCN1CCCCC1)Cc1cccs1. The van der Waals surface area contributed by atoms with Gasteiger partial charge in [-0.05, 0) is 69.9 Å². The second-order valence-corrected chi connectivity index (χ2v) is 6.94. The van der Waals surface area contributed by atoms with Crippen molar-refractivity contribution in [3.8, 4) is 0 Å². The summed E-state index contributed by atoms with van der Waals surface area (Å²) in [7, 11) is 0. The Kier molecular flexibility index (Phi) is 7.63. The summed E-state index contributed by atoms with van der Waals surface area (Å²) in [6.45, 7) is 9.87. The minimum atomic E-state index is 1.14. The van der Waals surface area contributed by atoms with Gasteiger partial charge < -0.3 is 4.90 Å².